The van der Waals surface area contributed by atoms with E-state index in [4.69, 9.17) is 0 Å². The number of aromatic nitrogens is 2. The van der Waals surface area contributed by atoms with Gasteiger partial charge in [0.1, 0.15) is 5.82 Å². The van der Waals surface area contributed by atoms with Crippen LogP contribution >= 0.6 is 0 Å². The summed E-state index contributed by atoms with van der Waals surface area (Å²) in [7, 11) is 0. The van der Waals surface area contributed by atoms with Crippen LogP contribution in [0.1, 0.15) is 12.8 Å². The Bertz CT molecular complexity index is 1270. The first-order valence-electron chi connectivity index (χ1n) is 10.4. The summed E-state index contributed by atoms with van der Waals surface area (Å²) in [6.07, 6.45) is 0.705. The SMILES string of the molecule is O=C(CCCn1nc(-c2ccc(F)cc2)ccc1=O)Nc1ccccc1-c1ccccc1. The van der Waals surface area contributed by atoms with Crippen LogP contribution in [-0.4, -0.2) is 15.7 Å². The summed E-state index contributed by atoms with van der Waals surface area (Å²) < 4.78 is 14.5. The molecule has 4 aromatic rings. The van der Waals surface area contributed by atoms with Gasteiger partial charge in [-0.25, -0.2) is 9.07 Å². The Labute approximate surface area is 185 Å². The van der Waals surface area contributed by atoms with E-state index < -0.39 is 0 Å². The van der Waals surface area contributed by atoms with E-state index in [1.807, 2.05) is 54.6 Å². The van der Waals surface area contributed by atoms with E-state index in [0.29, 0.717) is 18.7 Å². The average Bonchev–Trinajstić information content (AvgIpc) is 2.82. The zero-order chi connectivity index (χ0) is 22.3. The molecule has 5 nitrogen and oxygen atoms in total. The lowest BCUT2D eigenvalue weighted by atomic mass is 10.0. The molecule has 0 saturated heterocycles. The maximum Gasteiger partial charge on any atom is 0.266 e. The third-order valence-electron chi connectivity index (χ3n) is 5.07. The van der Waals surface area contributed by atoms with Crippen LogP contribution in [0.15, 0.2) is 95.8 Å². The fraction of sp³-hybridized carbons (Fsp3) is 0.115. The smallest absolute Gasteiger partial charge is 0.266 e. The Morgan fingerprint density at radius 1 is 0.844 bits per heavy atom. The van der Waals surface area contributed by atoms with Crippen molar-refractivity contribution in [2.24, 2.45) is 0 Å². The molecule has 0 bridgehead atoms. The number of benzene rings is 3. The Balaban J connectivity index is 1.39. The highest BCUT2D eigenvalue weighted by atomic mass is 19.1. The van der Waals surface area contributed by atoms with Crippen molar-refractivity contribution in [1.82, 2.24) is 9.78 Å². The van der Waals surface area contributed by atoms with E-state index in [-0.39, 0.29) is 23.7 Å². The molecule has 0 radical (unpaired) electrons. The maximum atomic E-state index is 13.2. The van der Waals surface area contributed by atoms with Gasteiger partial charge in [0.15, 0.2) is 0 Å². The summed E-state index contributed by atoms with van der Waals surface area (Å²) >= 11 is 0. The van der Waals surface area contributed by atoms with Gasteiger partial charge in [0, 0.05) is 35.8 Å². The molecule has 0 aliphatic rings. The number of carbonyl (C=O) groups excluding carboxylic acids is 1. The molecule has 3 aromatic carbocycles. The highest BCUT2D eigenvalue weighted by Gasteiger charge is 2.09. The van der Waals surface area contributed by atoms with Crippen molar-refractivity contribution in [3.05, 3.63) is 107 Å². The summed E-state index contributed by atoms with van der Waals surface area (Å²) in [5.41, 5.74) is 3.77. The lowest BCUT2D eigenvalue weighted by Crippen LogP contribution is -2.23. The molecule has 4 rings (SSSR count). The van der Waals surface area contributed by atoms with E-state index in [0.717, 1.165) is 22.4 Å². The first kappa shape index (κ1) is 21.2. The highest BCUT2D eigenvalue weighted by molar-refractivity contribution is 5.95. The molecule has 1 aromatic heterocycles. The van der Waals surface area contributed by atoms with Crippen LogP contribution in [0.2, 0.25) is 0 Å². The molecule has 0 unspecified atom stereocenters. The van der Waals surface area contributed by atoms with Gasteiger partial charge < -0.3 is 5.32 Å². The number of amides is 1. The number of rotatable bonds is 7. The number of anilines is 1. The zero-order valence-electron chi connectivity index (χ0n) is 17.4. The molecule has 0 aliphatic carbocycles. The van der Waals surface area contributed by atoms with Gasteiger partial charge in [-0.2, -0.15) is 5.10 Å². The number of carbonyl (C=O) groups is 1. The molecular weight excluding hydrogens is 405 g/mol. The van der Waals surface area contributed by atoms with E-state index >= 15 is 0 Å². The lowest BCUT2D eigenvalue weighted by molar-refractivity contribution is -0.116. The van der Waals surface area contributed by atoms with Crippen LogP contribution in [-0.2, 0) is 11.3 Å². The molecule has 0 spiro atoms. The Kier molecular flexibility index (Phi) is 6.51. The minimum Gasteiger partial charge on any atom is -0.326 e. The second-order valence-corrected chi connectivity index (χ2v) is 7.35. The number of nitrogens with zero attached hydrogens (tertiary/aromatic N) is 2. The minimum atomic E-state index is -0.332. The number of halogens is 1. The van der Waals surface area contributed by atoms with Crippen LogP contribution in [0.3, 0.4) is 0 Å². The lowest BCUT2D eigenvalue weighted by Gasteiger charge is -2.12. The van der Waals surface area contributed by atoms with Crippen LogP contribution in [0.4, 0.5) is 10.1 Å². The molecular formula is C26H22FN3O2. The van der Waals surface area contributed by atoms with E-state index in [2.05, 4.69) is 10.4 Å². The summed E-state index contributed by atoms with van der Waals surface area (Å²) in [4.78, 5) is 24.7. The van der Waals surface area contributed by atoms with Crippen molar-refractivity contribution in [3.63, 3.8) is 0 Å². The highest BCUT2D eigenvalue weighted by Crippen LogP contribution is 2.27. The molecule has 0 fully saturated rings. The number of hydrogen-bond acceptors (Lipinski definition) is 3. The van der Waals surface area contributed by atoms with Crippen LogP contribution < -0.4 is 10.9 Å². The maximum absolute atomic E-state index is 13.2. The fourth-order valence-electron chi connectivity index (χ4n) is 3.45. The van der Waals surface area contributed by atoms with Crippen LogP contribution in [0, 0.1) is 5.82 Å². The van der Waals surface area contributed by atoms with Crippen molar-refractivity contribution in [3.8, 4) is 22.4 Å². The molecule has 0 aliphatic heterocycles. The third-order valence-corrected chi connectivity index (χ3v) is 5.07. The molecule has 1 heterocycles. The summed E-state index contributed by atoms with van der Waals surface area (Å²) in [6, 6.07) is 26.5. The molecule has 160 valence electrons. The van der Waals surface area contributed by atoms with Gasteiger partial charge in [0.05, 0.1) is 5.69 Å². The fourth-order valence-corrected chi connectivity index (χ4v) is 3.45. The molecule has 1 amide bonds. The normalized spacial score (nSPS) is 10.7. The van der Waals surface area contributed by atoms with Gasteiger partial charge in [0.2, 0.25) is 5.91 Å². The van der Waals surface area contributed by atoms with Crippen molar-refractivity contribution < 1.29 is 9.18 Å². The first-order valence-corrected chi connectivity index (χ1v) is 10.4. The minimum absolute atomic E-state index is 0.129. The van der Waals surface area contributed by atoms with Crippen LogP contribution in [0.25, 0.3) is 22.4 Å². The quantitative estimate of drug-likeness (QED) is 0.444. The van der Waals surface area contributed by atoms with Crippen LogP contribution in [0.5, 0.6) is 0 Å². The van der Waals surface area contributed by atoms with Gasteiger partial charge >= 0.3 is 0 Å². The van der Waals surface area contributed by atoms with Gasteiger partial charge in [-0.05, 0) is 48.4 Å². The van der Waals surface area contributed by atoms with Crippen molar-refractivity contribution in [2.45, 2.75) is 19.4 Å². The van der Waals surface area contributed by atoms with Gasteiger partial charge in [-0.3, -0.25) is 9.59 Å². The van der Waals surface area contributed by atoms with E-state index in [1.54, 1.807) is 18.2 Å². The zero-order valence-corrected chi connectivity index (χ0v) is 17.4. The van der Waals surface area contributed by atoms with E-state index in [1.165, 1.54) is 22.9 Å². The average molecular weight is 427 g/mol. The van der Waals surface area contributed by atoms with Gasteiger partial charge in [-0.15, -0.1) is 0 Å². The summed E-state index contributed by atoms with van der Waals surface area (Å²) in [5, 5.41) is 7.33. The largest absolute Gasteiger partial charge is 0.326 e. The number of nitrogens with one attached hydrogen (secondary N) is 1. The Morgan fingerprint density at radius 3 is 2.34 bits per heavy atom. The predicted octanol–water partition coefficient (Wildman–Crippen LogP) is 5.14. The predicted molar refractivity (Wildman–Crippen MR) is 124 cm³/mol. The molecule has 32 heavy (non-hydrogen) atoms. The number of hydrogen-bond donors (Lipinski definition) is 1. The molecule has 1 N–H and O–H groups in total. The standard InChI is InChI=1S/C26H22FN3O2/c27-21-14-12-20(13-15-21)23-16-17-26(32)30(29-23)18-6-11-25(31)28-24-10-5-4-9-22(24)19-7-2-1-3-8-19/h1-5,7-10,12-17H,6,11,18H2,(H,28,31). The second-order valence-electron chi connectivity index (χ2n) is 7.35. The summed E-state index contributed by atoms with van der Waals surface area (Å²) in [6.45, 7) is 0.307. The van der Waals surface area contributed by atoms with Crippen molar-refractivity contribution in [1.29, 1.82) is 0 Å². The topological polar surface area (TPSA) is 64.0 Å². The van der Waals surface area contributed by atoms with E-state index in [9.17, 15) is 14.0 Å². The monoisotopic (exact) mass is 427 g/mol. The first-order chi connectivity index (χ1) is 15.6. The molecule has 0 atom stereocenters. The van der Waals surface area contributed by atoms with Crippen molar-refractivity contribution in [2.75, 3.05) is 5.32 Å². The van der Waals surface area contributed by atoms with Gasteiger partial charge in [-0.1, -0.05) is 48.5 Å². The molecule has 6 heteroatoms. The number of para-hydroxylation sites is 1. The van der Waals surface area contributed by atoms with Crippen molar-refractivity contribution >= 4 is 11.6 Å². The third kappa shape index (κ3) is 5.16. The Morgan fingerprint density at radius 2 is 1.56 bits per heavy atom. The number of aryl methyl sites for hydroxylation is 1. The molecule has 0 saturated carbocycles. The van der Waals surface area contributed by atoms with Gasteiger partial charge in [0.25, 0.3) is 5.56 Å². The second kappa shape index (κ2) is 9.83. The Hall–Kier alpha value is -4.06. The summed E-state index contributed by atoms with van der Waals surface area (Å²) in [5.74, 6) is -0.460.